The summed E-state index contributed by atoms with van der Waals surface area (Å²) in [5, 5.41) is 18.0. The number of rotatable bonds is 5. The van der Waals surface area contributed by atoms with Crippen molar-refractivity contribution in [3.05, 3.63) is 0 Å². The number of hydrogen-bond donors (Lipinski definition) is 3. The van der Waals surface area contributed by atoms with Crippen LogP contribution in [0.2, 0.25) is 0 Å². The normalized spacial score (nSPS) is 31.6. The summed E-state index contributed by atoms with van der Waals surface area (Å²) in [6.07, 6.45) is 3.65. The molecule has 0 aromatic heterocycles. The van der Waals surface area contributed by atoms with Crippen molar-refractivity contribution in [2.24, 2.45) is 11.1 Å². The van der Waals surface area contributed by atoms with Crippen molar-refractivity contribution in [3.63, 3.8) is 0 Å². The topological polar surface area (TPSA) is 92.4 Å². The minimum atomic E-state index is -3.40. The summed E-state index contributed by atoms with van der Waals surface area (Å²) in [6.45, 7) is 2.94. The SMILES string of the molecule is CC1CCC(O)(CNCCS(N)(=O)=O)CC1. The summed E-state index contributed by atoms with van der Waals surface area (Å²) >= 11 is 0. The van der Waals surface area contributed by atoms with Crippen LogP contribution in [0.15, 0.2) is 0 Å². The Bertz CT molecular complexity index is 308. The molecule has 1 aliphatic rings. The highest BCUT2D eigenvalue weighted by Crippen LogP contribution is 2.31. The van der Waals surface area contributed by atoms with Crippen LogP contribution in [0.4, 0.5) is 0 Å². The molecule has 0 bridgehead atoms. The summed E-state index contributed by atoms with van der Waals surface area (Å²) in [7, 11) is -3.40. The highest BCUT2D eigenvalue weighted by molar-refractivity contribution is 7.89. The van der Waals surface area contributed by atoms with Gasteiger partial charge >= 0.3 is 0 Å². The van der Waals surface area contributed by atoms with Crippen molar-refractivity contribution in [2.75, 3.05) is 18.8 Å². The lowest BCUT2D eigenvalue weighted by Crippen LogP contribution is -2.44. The summed E-state index contributed by atoms with van der Waals surface area (Å²) in [4.78, 5) is 0. The first-order valence-electron chi connectivity index (χ1n) is 5.74. The Kier molecular flexibility index (Phi) is 4.73. The Labute approximate surface area is 97.5 Å². The van der Waals surface area contributed by atoms with Crippen molar-refractivity contribution in [1.29, 1.82) is 0 Å². The predicted molar refractivity (Wildman–Crippen MR) is 63.4 cm³/mol. The molecular weight excluding hydrogens is 228 g/mol. The van der Waals surface area contributed by atoms with Crippen LogP contribution in [0.1, 0.15) is 32.6 Å². The lowest BCUT2D eigenvalue weighted by molar-refractivity contribution is -0.00559. The highest BCUT2D eigenvalue weighted by Gasteiger charge is 2.31. The second kappa shape index (κ2) is 5.44. The van der Waals surface area contributed by atoms with Gasteiger partial charge in [-0.2, -0.15) is 0 Å². The van der Waals surface area contributed by atoms with Crippen molar-refractivity contribution < 1.29 is 13.5 Å². The van der Waals surface area contributed by atoms with E-state index in [2.05, 4.69) is 12.2 Å². The average Bonchev–Trinajstić information content (AvgIpc) is 2.17. The van der Waals surface area contributed by atoms with Crippen molar-refractivity contribution in [1.82, 2.24) is 5.32 Å². The van der Waals surface area contributed by atoms with E-state index in [0.29, 0.717) is 19.0 Å². The smallest absolute Gasteiger partial charge is 0.210 e. The number of hydrogen-bond acceptors (Lipinski definition) is 4. The number of nitrogens with two attached hydrogens (primary N) is 1. The molecule has 0 spiro atoms. The number of nitrogens with one attached hydrogen (secondary N) is 1. The van der Waals surface area contributed by atoms with Crippen LogP contribution in [0.5, 0.6) is 0 Å². The predicted octanol–water partition coefficient (Wildman–Crippen LogP) is -0.194. The van der Waals surface area contributed by atoms with Crippen molar-refractivity contribution in [2.45, 2.75) is 38.2 Å². The maximum absolute atomic E-state index is 10.7. The molecule has 1 saturated carbocycles. The number of primary sulfonamides is 1. The van der Waals surface area contributed by atoms with E-state index in [9.17, 15) is 13.5 Å². The van der Waals surface area contributed by atoms with Crippen LogP contribution in [-0.2, 0) is 10.0 Å². The van der Waals surface area contributed by atoms with Crippen molar-refractivity contribution in [3.8, 4) is 0 Å². The molecule has 1 fully saturated rings. The van der Waals surface area contributed by atoms with Crippen LogP contribution in [0.25, 0.3) is 0 Å². The lowest BCUT2D eigenvalue weighted by Gasteiger charge is -2.35. The highest BCUT2D eigenvalue weighted by atomic mass is 32.2. The fraction of sp³-hybridized carbons (Fsp3) is 1.00. The molecule has 0 unspecified atom stereocenters. The molecule has 0 saturated heterocycles. The maximum atomic E-state index is 10.7. The average molecular weight is 250 g/mol. The van der Waals surface area contributed by atoms with Gasteiger partial charge in [-0.1, -0.05) is 6.92 Å². The molecule has 16 heavy (non-hydrogen) atoms. The molecule has 5 nitrogen and oxygen atoms in total. The van der Waals surface area contributed by atoms with E-state index in [1.54, 1.807) is 0 Å². The van der Waals surface area contributed by atoms with E-state index < -0.39 is 15.6 Å². The Morgan fingerprint density at radius 3 is 2.50 bits per heavy atom. The molecule has 1 rings (SSSR count). The van der Waals surface area contributed by atoms with Crippen LogP contribution in [-0.4, -0.2) is 38.0 Å². The van der Waals surface area contributed by atoms with Gasteiger partial charge in [-0.05, 0) is 31.6 Å². The zero-order valence-electron chi connectivity index (χ0n) is 9.78. The lowest BCUT2D eigenvalue weighted by atomic mass is 9.79. The number of aliphatic hydroxyl groups is 1. The van der Waals surface area contributed by atoms with Gasteiger partial charge < -0.3 is 10.4 Å². The third-order valence-electron chi connectivity index (χ3n) is 3.22. The monoisotopic (exact) mass is 250 g/mol. The molecule has 0 amide bonds. The fourth-order valence-corrected chi connectivity index (χ4v) is 2.44. The Morgan fingerprint density at radius 2 is 2.00 bits per heavy atom. The second-order valence-corrected chi connectivity index (χ2v) is 6.68. The fourth-order valence-electron chi connectivity index (χ4n) is 2.01. The molecule has 96 valence electrons. The molecule has 0 aromatic rings. The van der Waals surface area contributed by atoms with Gasteiger partial charge in [-0.15, -0.1) is 0 Å². The van der Waals surface area contributed by atoms with Crippen LogP contribution < -0.4 is 10.5 Å². The zero-order chi connectivity index (χ0) is 12.2. The van der Waals surface area contributed by atoms with Crippen LogP contribution in [0.3, 0.4) is 0 Å². The van der Waals surface area contributed by atoms with Gasteiger partial charge in [-0.25, -0.2) is 13.6 Å². The molecule has 6 heteroatoms. The van der Waals surface area contributed by atoms with E-state index in [0.717, 1.165) is 25.7 Å². The van der Waals surface area contributed by atoms with Crippen molar-refractivity contribution >= 4 is 10.0 Å². The molecule has 0 aliphatic heterocycles. The molecular formula is C10H22N2O3S. The molecule has 0 aromatic carbocycles. The first-order chi connectivity index (χ1) is 7.31. The van der Waals surface area contributed by atoms with E-state index in [-0.39, 0.29) is 5.75 Å². The third-order valence-corrected chi connectivity index (χ3v) is 4.00. The van der Waals surface area contributed by atoms with E-state index in [1.165, 1.54) is 0 Å². The van der Waals surface area contributed by atoms with Gasteiger partial charge in [0.05, 0.1) is 11.4 Å². The first kappa shape index (κ1) is 13.9. The molecule has 0 atom stereocenters. The van der Waals surface area contributed by atoms with Gasteiger partial charge in [0, 0.05) is 13.1 Å². The minimum absolute atomic E-state index is 0.0838. The molecule has 4 N–H and O–H groups in total. The third kappa shape index (κ3) is 5.25. The Morgan fingerprint density at radius 1 is 1.44 bits per heavy atom. The number of sulfonamides is 1. The van der Waals surface area contributed by atoms with Gasteiger partial charge in [-0.3, -0.25) is 0 Å². The maximum Gasteiger partial charge on any atom is 0.210 e. The van der Waals surface area contributed by atoms with Crippen LogP contribution >= 0.6 is 0 Å². The van der Waals surface area contributed by atoms with Crippen LogP contribution in [0, 0.1) is 5.92 Å². The van der Waals surface area contributed by atoms with Gasteiger partial charge in [0.25, 0.3) is 0 Å². The Hall–Kier alpha value is -0.170. The summed E-state index contributed by atoms with van der Waals surface area (Å²) in [5.74, 6) is 0.601. The van der Waals surface area contributed by atoms with Gasteiger partial charge in [0.1, 0.15) is 0 Å². The molecule has 0 heterocycles. The summed E-state index contributed by atoms with van der Waals surface area (Å²) in [6, 6.07) is 0. The van der Waals surface area contributed by atoms with E-state index in [1.807, 2.05) is 0 Å². The largest absolute Gasteiger partial charge is 0.389 e. The first-order valence-corrected chi connectivity index (χ1v) is 7.46. The standard InChI is InChI=1S/C10H22N2O3S/c1-9-2-4-10(13,5-3-9)8-12-6-7-16(11,14)15/h9,12-13H,2-8H2,1H3,(H2,11,14,15). The van der Waals surface area contributed by atoms with E-state index in [4.69, 9.17) is 5.14 Å². The quantitative estimate of drug-likeness (QED) is 0.589. The summed E-state index contributed by atoms with van der Waals surface area (Å²) < 4.78 is 21.4. The zero-order valence-corrected chi connectivity index (χ0v) is 10.6. The minimum Gasteiger partial charge on any atom is -0.389 e. The molecule has 0 radical (unpaired) electrons. The second-order valence-electron chi connectivity index (χ2n) is 4.95. The van der Waals surface area contributed by atoms with Gasteiger partial charge in [0.2, 0.25) is 10.0 Å². The Balaban J connectivity index is 2.22. The van der Waals surface area contributed by atoms with Gasteiger partial charge in [0.15, 0.2) is 0 Å². The van der Waals surface area contributed by atoms with E-state index >= 15 is 0 Å². The molecule has 1 aliphatic carbocycles. The summed E-state index contributed by atoms with van der Waals surface area (Å²) in [5.41, 5.74) is -0.662.